The Morgan fingerprint density at radius 1 is 1.56 bits per heavy atom. The van der Waals surface area contributed by atoms with E-state index in [4.69, 9.17) is 10.8 Å². The number of nitrogens with zero attached hydrogens (tertiary/aromatic N) is 1. The number of carbonyl (C=O) groups is 2. The van der Waals surface area contributed by atoms with Crippen molar-refractivity contribution >= 4 is 28.3 Å². The highest BCUT2D eigenvalue weighted by atomic mass is 32.1. The van der Waals surface area contributed by atoms with Gasteiger partial charge in [-0.2, -0.15) is 0 Å². The van der Waals surface area contributed by atoms with Gasteiger partial charge in [-0.25, -0.2) is 4.98 Å². The molecule has 1 aromatic heterocycles. The maximum absolute atomic E-state index is 11.7. The zero-order valence-electron chi connectivity index (χ0n) is 10.4. The monoisotopic (exact) mass is 271 g/mol. The van der Waals surface area contributed by atoms with Crippen LogP contribution in [0.3, 0.4) is 0 Å². The van der Waals surface area contributed by atoms with Gasteiger partial charge >= 0.3 is 5.97 Å². The van der Waals surface area contributed by atoms with Crippen LogP contribution in [0.1, 0.15) is 35.1 Å². The molecule has 7 heteroatoms. The van der Waals surface area contributed by atoms with Crippen molar-refractivity contribution in [2.75, 3.05) is 12.3 Å². The molecule has 1 rings (SSSR count). The molecule has 0 spiro atoms. The molecule has 1 atom stereocenters. The van der Waals surface area contributed by atoms with Crippen LogP contribution in [-0.4, -0.2) is 28.5 Å². The summed E-state index contributed by atoms with van der Waals surface area (Å²) in [6.07, 6.45) is 1.17. The number of amides is 1. The van der Waals surface area contributed by atoms with Gasteiger partial charge in [0.1, 0.15) is 4.88 Å². The van der Waals surface area contributed by atoms with Gasteiger partial charge in [0, 0.05) is 6.54 Å². The lowest BCUT2D eigenvalue weighted by molar-refractivity contribution is -0.141. The quantitative estimate of drug-likeness (QED) is 0.675. The number of rotatable bonds is 6. The van der Waals surface area contributed by atoms with Crippen molar-refractivity contribution < 1.29 is 14.7 Å². The van der Waals surface area contributed by atoms with Gasteiger partial charge < -0.3 is 16.2 Å². The third-order valence-electron chi connectivity index (χ3n) is 2.54. The molecule has 6 nitrogen and oxygen atoms in total. The van der Waals surface area contributed by atoms with Crippen LogP contribution in [0.5, 0.6) is 0 Å². The van der Waals surface area contributed by atoms with Crippen molar-refractivity contribution in [3.05, 3.63) is 10.6 Å². The van der Waals surface area contributed by atoms with E-state index in [9.17, 15) is 9.59 Å². The average Bonchev–Trinajstić information content (AvgIpc) is 2.63. The second kappa shape index (κ2) is 6.34. The van der Waals surface area contributed by atoms with E-state index in [-0.39, 0.29) is 11.8 Å². The van der Waals surface area contributed by atoms with E-state index in [1.165, 1.54) is 0 Å². The normalized spacial score (nSPS) is 12.1. The number of nitrogens with one attached hydrogen (secondary N) is 1. The molecule has 1 aromatic rings. The molecule has 0 aliphatic rings. The molecule has 0 saturated heterocycles. The fourth-order valence-corrected chi connectivity index (χ4v) is 2.19. The van der Waals surface area contributed by atoms with Crippen molar-refractivity contribution in [1.82, 2.24) is 10.3 Å². The standard InChI is InChI=1S/C11H17N3O3S/c1-6(10(16)17)4-3-5-13-9(15)8-7(2)14-11(12)18-8/h6H,3-5H2,1-2H3,(H2,12,14)(H,13,15)(H,16,17). The van der Waals surface area contributed by atoms with Gasteiger partial charge in [0.2, 0.25) is 0 Å². The van der Waals surface area contributed by atoms with E-state index in [0.717, 1.165) is 11.3 Å². The number of aryl methyl sites for hydroxylation is 1. The Balaban J connectivity index is 2.34. The molecule has 1 unspecified atom stereocenters. The summed E-state index contributed by atoms with van der Waals surface area (Å²) in [4.78, 5) is 26.8. The number of aliphatic carboxylic acids is 1. The fourth-order valence-electron chi connectivity index (χ4n) is 1.44. The van der Waals surface area contributed by atoms with E-state index in [2.05, 4.69) is 10.3 Å². The number of hydrogen-bond donors (Lipinski definition) is 3. The van der Waals surface area contributed by atoms with Crippen LogP contribution < -0.4 is 11.1 Å². The van der Waals surface area contributed by atoms with Gasteiger partial charge in [0.05, 0.1) is 11.6 Å². The number of carboxylic acids is 1. The number of carboxylic acid groups (broad SMARTS) is 1. The van der Waals surface area contributed by atoms with Crippen LogP contribution in [0.15, 0.2) is 0 Å². The topological polar surface area (TPSA) is 105 Å². The van der Waals surface area contributed by atoms with E-state index in [1.807, 2.05) is 0 Å². The van der Waals surface area contributed by atoms with Gasteiger partial charge in [-0.3, -0.25) is 9.59 Å². The molecular formula is C11H17N3O3S. The summed E-state index contributed by atoms with van der Waals surface area (Å²) < 4.78 is 0. The number of nitrogen functional groups attached to an aromatic ring is 1. The third-order valence-corrected chi connectivity index (χ3v) is 3.53. The van der Waals surface area contributed by atoms with Crippen LogP contribution in [0.25, 0.3) is 0 Å². The summed E-state index contributed by atoms with van der Waals surface area (Å²) in [7, 11) is 0. The summed E-state index contributed by atoms with van der Waals surface area (Å²) in [6.45, 7) is 3.83. The average molecular weight is 271 g/mol. The van der Waals surface area contributed by atoms with Crippen molar-refractivity contribution in [2.24, 2.45) is 5.92 Å². The molecule has 1 heterocycles. The van der Waals surface area contributed by atoms with E-state index < -0.39 is 5.97 Å². The molecule has 0 bridgehead atoms. The highest BCUT2D eigenvalue weighted by Gasteiger charge is 2.14. The van der Waals surface area contributed by atoms with Gasteiger partial charge in [-0.1, -0.05) is 18.3 Å². The Hall–Kier alpha value is -1.63. The molecule has 0 radical (unpaired) electrons. The van der Waals surface area contributed by atoms with Gasteiger partial charge in [0.25, 0.3) is 5.91 Å². The van der Waals surface area contributed by atoms with E-state index in [1.54, 1.807) is 13.8 Å². The molecule has 0 fully saturated rings. The second-order valence-corrected chi connectivity index (χ2v) is 5.13. The second-order valence-electron chi connectivity index (χ2n) is 4.10. The highest BCUT2D eigenvalue weighted by molar-refractivity contribution is 7.17. The number of nitrogens with two attached hydrogens (primary N) is 1. The Bertz CT molecular complexity index is 445. The van der Waals surface area contributed by atoms with E-state index in [0.29, 0.717) is 35.1 Å². The molecule has 100 valence electrons. The Morgan fingerprint density at radius 2 is 2.22 bits per heavy atom. The largest absolute Gasteiger partial charge is 0.481 e. The van der Waals surface area contributed by atoms with Gasteiger partial charge in [-0.05, 0) is 19.8 Å². The summed E-state index contributed by atoms with van der Waals surface area (Å²) in [5.41, 5.74) is 6.13. The minimum Gasteiger partial charge on any atom is -0.481 e. The van der Waals surface area contributed by atoms with Crippen molar-refractivity contribution in [3.8, 4) is 0 Å². The van der Waals surface area contributed by atoms with Crippen molar-refractivity contribution in [2.45, 2.75) is 26.7 Å². The Morgan fingerprint density at radius 3 is 2.72 bits per heavy atom. The smallest absolute Gasteiger partial charge is 0.306 e. The molecule has 0 aromatic carbocycles. The van der Waals surface area contributed by atoms with Crippen LogP contribution in [0, 0.1) is 12.8 Å². The molecule has 4 N–H and O–H groups in total. The molecule has 0 aliphatic carbocycles. The third kappa shape index (κ3) is 3.99. The minimum absolute atomic E-state index is 0.204. The first-order chi connectivity index (χ1) is 8.41. The highest BCUT2D eigenvalue weighted by Crippen LogP contribution is 2.19. The summed E-state index contributed by atoms with van der Waals surface area (Å²) in [5.74, 6) is -1.40. The SMILES string of the molecule is Cc1nc(N)sc1C(=O)NCCCC(C)C(=O)O. The lowest BCUT2D eigenvalue weighted by Gasteiger charge is -2.06. The Labute approximate surface area is 109 Å². The van der Waals surface area contributed by atoms with Crippen molar-refractivity contribution in [3.63, 3.8) is 0 Å². The minimum atomic E-state index is -0.813. The first-order valence-electron chi connectivity index (χ1n) is 5.65. The van der Waals surface area contributed by atoms with Crippen LogP contribution in [0.2, 0.25) is 0 Å². The summed E-state index contributed by atoms with van der Waals surface area (Å²) >= 11 is 1.15. The molecule has 18 heavy (non-hydrogen) atoms. The first kappa shape index (κ1) is 14.4. The Kier molecular flexibility index (Phi) is 5.08. The predicted octanol–water partition coefficient (Wildman–Crippen LogP) is 1.26. The number of aromatic nitrogens is 1. The lowest BCUT2D eigenvalue weighted by Crippen LogP contribution is -2.25. The fraction of sp³-hybridized carbons (Fsp3) is 0.545. The van der Waals surface area contributed by atoms with Crippen LogP contribution >= 0.6 is 11.3 Å². The van der Waals surface area contributed by atoms with Crippen LogP contribution in [0.4, 0.5) is 5.13 Å². The zero-order chi connectivity index (χ0) is 13.7. The number of thiazole rings is 1. The maximum atomic E-state index is 11.7. The maximum Gasteiger partial charge on any atom is 0.306 e. The van der Waals surface area contributed by atoms with Crippen molar-refractivity contribution in [1.29, 1.82) is 0 Å². The summed E-state index contributed by atoms with van der Waals surface area (Å²) in [5, 5.41) is 11.8. The zero-order valence-corrected chi connectivity index (χ0v) is 11.2. The lowest BCUT2D eigenvalue weighted by atomic mass is 10.1. The number of hydrogen-bond acceptors (Lipinski definition) is 5. The predicted molar refractivity (Wildman–Crippen MR) is 69.6 cm³/mol. The van der Waals surface area contributed by atoms with Gasteiger partial charge in [-0.15, -0.1) is 0 Å². The van der Waals surface area contributed by atoms with Gasteiger partial charge in [0.15, 0.2) is 5.13 Å². The summed E-state index contributed by atoms with van der Waals surface area (Å²) in [6, 6.07) is 0. The first-order valence-corrected chi connectivity index (χ1v) is 6.47. The van der Waals surface area contributed by atoms with E-state index >= 15 is 0 Å². The molecule has 0 saturated carbocycles. The molecule has 1 amide bonds. The molecule has 0 aliphatic heterocycles. The number of anilines is 1. The number of carbonyl (C=O) groups excluding carboxylic acids is 1. The molecular weight excluding hydrogens is 254 g/mol. The van der Waals surface area contributed by atoms with Crippen LogP contribution in [-0.2, 0) is 4.79 Å².